The SMILES string of the molecule is Cl.N#Cc1ccc(Cn2cncc2CN(Cc2ccccc2)C2CCN(c3ccccc3)CC2)cc1. The van der Waals surface area contributed by atoms with E-state index >= 15 is 0 Å². The molecule has 0 radical (unpaired) electrons. The highest BCUT2D eigenvalue weighted by molar-refractivity contribution is 5.85. The Balaban J connectivity index is 0.00000304. The molecule has 1 aliphatic heterocycles. The van der Waals surface area contributed by atoms with E-state index in [0.717, 1.165) is 45.6 Å². The molecule has 1 saturated heterocycles. The Bertz CT molecular complexity index is 1240. The van der Waals surface area contributed by atoms with E-state index in [2.05, 4.69) is 86.1 Å². The molecular weight excluding hydrogens is 466 g/mol. The van der Waals surface area contributed by atoms with Crippen LogP contribution >= 0.6 is 12.4 Å². The predicted molar refractivity (Wildman–Crippen MR) is 147 cm³/mol. The predicted octanol–water partition coefficient (Wildman–Crippen LogP) is 5.90. The average molecular weight is 498 g/mol. The number of para-hydroxylation sites is 1. The number of nitriles is 1. The number of nitrogens with zero attached hydrogens (tertiary/aromatic N) is 5. The van der Waals surface area contributed by atoms with Gasteiger partial charge in [0.1, 0.15) is 0 Å². The Morgan fingerprint density at radius 2 is 1.50 bits per heavy atom. The number of benzene rings is 3. The Hall–Kier alpha value is -3.59. The van der Waals surface area contributed by atoms with Gasteiger partial charge in [0.25, 0.3) is 0 Å². The molecule has 4 aromatic rings. The highest BCUT2D eigenvalue weighted by Crippen LogP contribution is 2.25. The summed E-state index contributed by atoms with van der Waals surface area (Å²) in [5.74, 6) is 0. The summed E-state index contributed by atoms with van der Waals surface area (Å²) in [5.41, 5.74) is 5.75. The molecule has 0 amide bonds. The number of hydrogen-bond acceptors (Lipinski definition) is 4. The number of anilines is 1. The zero-order chi connectivity index (χ0) is 23.9. The van der Waals surface area contributed by atoms with Crippen LogP contribution in [0.2, 0.25) is 0 Å². The largest absolute Gasteiger partial charge is 0.371 e. The van der Waals surface area contributed by atoms with Gasteiger partial charge in [0, 0.05) is 50.6 Å². The van der Waals surface area contributed by atoms with Crippen molar-refractivity contribution in [3.63, 3.8) is 0 Å². The van der Waals surface area contributed by atoms with Gasteiger partial charge in [-0.1, -0.05) is 60.7 Å². The smallest absolute Gasteiger partial charge is 0.0991 e. The molecule has 0 unspecified atom stereocenters. The lowest BCUT2D eigenvalue weighted by atomic mass is 10.0. The fraction of sp³-hybridized carbons (Fsp3) is 0.267. The first kappa shape index (κ1) is 25.5. The summed E-state index contributed by atoms with van der Waals surface area (Å²) in [7, 11) is 0. The highest BCUT2D eigenvalue weighted by Gasteiger charge is 2.26. The molecule has 184 valence electrons. The normalized spacial score (nSPS) is 13.8. The minimum Gasteiger partial charge on any atom is -0.371 e. The maximum atomic E-state index is 9.08. The molecule has 0 atom stereocenters. The van der Waals surface area contributed by atoms with Crippen LogP contribution in [0.3, 0.4) is 0 Å². The summed E-state index contributed by atoms with van der Waals surface area (Å²) < 4.78 is 2.23. The maximum Gasteiger partial charge on any atom is 0.0991 e. The first-order valence-corrected chi connectivity index (χ1v) is 12.3. The molecule has 0 spiro atoms. The molecule has 0 saturated carbocycles. The number of hydrogen-bond donors (Lipinski definition) is 0. The summed E-state index contributed by atoms with van der Waals surface area (Å²) in [6.45, 7) is 4.70. The van der Waals surface area contributed by atoms with E-state index < -0.39 is 0 Å². The third-order valence-electron chi connectivity index (χ3n) is 6.93. The quantitative estimate of drug-likeness (QED) is 0.304. The Morgan fingerprint density at radius 1 is 0.833 bits per heavy atom. The van der Waals surface area contributed by atoms with Crippen LogP contribution in [-0.2, 0) is 19.6 Å². The van der Waals surface area contributed by atoms with Crippen LogP contribution in [0.1, 0.15) is 35.2 Å². The maximum absolute atomic E-state index is 9.08. The van der Waals surface area contributed by atoms with Crippen LogP contribution in [-0.4, -0.2) is 33.6 Å². The van der Waals surface area contributed by atoms with E-state index in [1.165, 1.54) is 22.5 Å². The first-order chi connectivity index (χ1) is 17.3. The van der Waals surface area contributed by atoms with Crippen LogP contribution in [0.25, 0.3) is 0 Å². The van der Waals surface area contributed by atoms with Crippen molar-refractivity contribution in [1.82, 2.24) is 14.5 Å². The molecule has 1 aliphatic rings. The van der Waals surface area contributed by atoms with Gasteiger partial charge in [-0.15, -0.1) is 12.4 Å². The van der Waals surface area contributed by atoms with Crippen molar-refractivity contribution in [2.24, 2.45) is 0 Å². The topological polar surface area (TPSA) is 48.1 Å². The molecule has 1 fully saturated rings. The summed E-state index contributed by atoms with van der Waals surface area (Å²) in [6, 6.07) is 32.1. The number of imidazole rings is 1. The van der Waals surface area contributed by atoms with Gasteiger partial charge in [-0.25, -0.2) is 4.98 Å². The van der Waals surface area contributed by atoms with E-state index in [0.29, 0.717) is 11.6 Å². The number of rotatable bonds is 8. The Morgan fingerprint density at radius 3 is 2.17 bits per heavy atom. The van der Waals surface area contributed by atoms with Crippen LogP contribution in [0.15, 0.2) is 97.5 Å². The van der Waals surface area contributed by atoms with Crippen molar-refractivity contribution in [3.8, 4) is 6.07 Å². The van der Waals surface area contributed by atoms with Crippen molar-refractivity contribution in [2.75, 3.05) is 18.0 Å². The van der Waals surface area contributed by atoms with E-state index in [4.69, 9.17) is 5.26 Å². The summed E-state index contributed by atoms with van der Waals surface area (Å²) in [4.78, 5) is 9.62. The number of piperidine rings is 1. The molecular formula is C30H32ClN5. The monoisotopic (exact) mass is 497 g/mol. The second-order valence-corrected chi connectivity index (χ2v) is 9.27. The van der Waals surface area contributed by atoms with Gasteiger partial charge in [-0.3, -0.25) is 4.90 Å². The molecule has 36 heavy (non-hydrogen) atoms. The molecule has 0 N–H and O–H groups in total. The molecule has 6 heteroatoms. The lowest BCUT2D eigenvalue weighted by molar-refractivity contribution is 0.148. The van der Waals surface area contributed by atoms with Crippen molar-refractivity contribution in [1.29, 1.82) is 5.26 Å². The van der Waals surface area contributed by atoms with Crippen LogP contribution < -0.4 is 4.90 Å². The molecule has 5 rings (SSSR count). The zero-order valence-electron chi connectivity index (χ0n) is 20.4. The fourth-order valence-corrected chi connectivity index (χ4v) is 4.97. The highest BCUT2D eigenvalue weighted by atomic mass is 35.5. The summed E-state index contributed by atoms with van der Waals surface area (Å²) in [6.07, 6.45) is 6.21. The van der Waals surface area contributed by atoms with Crippen molar-refractivity contribution < 1.29 is 0 Å². The van der Waals surface area contributed by atoms with Crippen molar-refractivity contribution in [3.05, 3.63) is 120 Å². The lowest BCUT2D eigenvalue weighted by Crippen LogP contribution is -2.44. The van der Waals surface area contributed by atoms with Crippen LogP contribution in [0, 0.1) is 11.3 Å². The number of halogens is 1. The molecule has 0 bridgehead atoms. The van der Waals surface area contributed by atoms with Gasteiger partial charge < -0.3 is 9.47 Å². The summed E-state index contributed by atoms with van der Waals surface area (Å²) >= 11 is 0. The van der Waals surface area contributed by atoms with E-state index in [1.807, 2.05) is 36.8 Å². The lowest BCUT2D eigenvalue weighted by Gasteiger charge is -2.39. The van der Waals surface area contributed by atoms with Gasteiger partial charge in [-0.2, -0.15) is 5.26 Å². The van der Waals surface area contributed by atoms with E-state index in [-0.39, 0.29) is 12.4 Å². The minimum atomic E-state index is 0. The van der Waals surface area contributed by atoms with Crippen LogP contribution in [0.4, 0.5) is 5.69 Å². The first-order valence-electron chi connectivity index (χ1n) is 12.3. The molecule has 2 heterocycles. The standard InChI is InChI=1S/C30H31N5.ClH/c31-19-25-11-13-27(14-12-25)22-35-24-32-20-30(35)23-34(21-26-7-3-1-4-8-26)29-15-17-33(18-16-29)28-9-5-2-6-10-28;/h1-14,20,24,29H,15-18,21-23H2;1H. The molecule has 5 nitrogen and oxygen atoms in total. The Labute approximate surface area is 220 Å². The van der Waals surface area contributed by atoms with Gasteiger partial charge in [0.05, 0.1) is 23.7 Å². The molecule has 3 aromatic carbocycles. The zero-order valence-corrected chi connectivity index (χ0v) is 21.2. The van der Waals surface area contributed by atoms with Gasteiger partial charge in [-0.05, 0) is 48.2 Å². The minimum absolute atomic E-state index is 0. The Kier molecular flexibility index (Phi) is 8.78. The molecule has 0 aliphatic carbocycles. The van der Waals surface area contributed by atoms with Gasteiger partial charge >= 0.3 is 0 Å². The summed E-state index contributed by atoms with van der Waals surface area (Å²) in [5, 5.41) is 9.08. The molecule has 1 aromatic heterocycles. The average Bonchev–Trinajstić information content (AvgIpc) is 3.36. The van der Waals surface area contributed by atoms with E-state index in [9.17, 15) is 0 Å². The van der Waals surface area contributed by atoms with Gasteiger partial charge in [0.2, 0.25) is 0 Å². The third-order valence-corrected chi connectivity index (χ3v) is 6.93. The second kappa shape index (κ2) is 12.4. The van der Waals surface area contributed by atoms with Crippen molar-refractivity contribution in [2.45, 2.75) is 38.5 Å². The van der Waals surface area contributed by atoms with Crippen molar-refractivity contribution >= 4 is 18.1 Å². The fourth-order valence-electron chi connectivity index (χ4n) is 4.97. The van der Waals surface area contributed by atoms with Gasteiger partial charge in [0.15, 0.2) is 0 Å². The second-order valence-electron chi connectivity index (χ2n) is 9.27. The van der Waals surface area contributed by atoms with Crippen LogP contribution in [0.5, 0.6) is 0 Å². The number of aromatic nitrogens is 2. The van der Waals surface area contributed by atoms with E-state index in [1.54, 1.807) is 0 Å². The third kappa shape index (κ3) is 6.34.